The number of hydrogen-bond acceptors (Lipinski definition) is 2. The summed E-state index contributed by atoms with van der Waals surface area (Å²) in [6.07, 6.45) is 0. The molecule has 2 aromatic heterocycles. The predicted molar refractivity (Wildman–Crippen MR) is 379 cm³/mol. The van der Waals surface area contributed by atoms with Crippen molar-refractivity contribution in [3.05, 3.63) is 281 Å². The first-order valence-corrected chi connectivity index (χ1v) is 31.8. The van der Waals surface area contributed by atoms with Gasteiger partial charge in [0.1, 0.15) is 0 Å². The molecule has 438 valence electrons. The van der Waals surface area contributed by atoms with E-state index in [0.717, 1.165) is 34.1 Å². The highest BCUT2D eigenvalue weighted by atomic mass is 15.1. The molecule has 3 heteroatoms. The molecule has 0 fully saturated rings. The van der Waals surface area contributed by atoms with Gasteiger partial charge in [-0.3, -0.25) is 0 Å². The number of benzene rings is 11. The molecule has 0 saturated heterocycles. The second-order valence-electron chi connectivity index (χ2n) is 30.4. The Kier molecular flexibility index (Phi) is 13.0. The third kappa shape index (κ3) is 9.21. The fourth-order valence-electron chi connectivity index (χ4n) is 14.4. The van der Waals surface area contributed by atoms with Crippen LogP contribution in [0.2, 0.25) is 0 Å². The van der Waals surface area contributed by atoms with Gasteiger partial charge in [0.2, 0.25) is 0 Å². The van der Waals surface area contributed by atoms with Crippen LogP contribution in [0.25, 0.3) is 60.0 Å². The van der Waals surface area contributed by atoms with Gasteiger partial charge in [-0.15, -0.1) is 0 Å². The highest BCUT2D eigenvalue weighted by molar-refractivity contribution is 6.26. The smallest absolute Gasteiger partial charge is 0.0720 e. The Bertz CT molecular complexity index is 4790. The van der Waals surface area contributed by atoms with Gasteiger partial charge in [0.15, 0.2) is 0 Å². The first kappa shape index (κ1) is 56.9. The van der Waals surface area contributed by atoms with Crippen molar-refractivity contribution in [2.45, 2.75) is 136 Å². The van der Waals surface area contributed by atoms with Crippen molar-refractivity contribution in [1.82, 2.24) is 4.40 Å². The van der Waals surface area contributed by atoms with Gasteiger partial charge >= 0.3 is 0 Å². The van der Waals surface area contributed by atoms with E-state index in [2.05, 4.69) is 349 Å². The molecular weight excluding hydrogens is 1060 g/mol. The van der Waals surface area contributed by atoms with E-state index in [4.69, 9.17) is 0 Å². The lowest BCUT2D eigenvalue weighted by atomic mass is 9.66. The van der Waals surface area contributed by atoms with Crippen LogP contribution in [0.1, 0.15) is 154 Å². The van der Waals surface area contributed by atoms with E-state index >= 15 is 0 Å². The molecule has 14 rings (SSSR count). The number of anilines is 6. The summed E-state index contributed by atoms with van der Waals surface area (Å²) in [6, 6.07) is 89.1. The lowest BCUT2D eigenvalue weighted by Gasteiger charge is -2.35. The van der Waals surface area contributed by atoms with Crippen LogP contribution < -0.4 is 9.80 Å². The summed E-state index contributed by atoms with van der Waals surface area (Å²) in [6.45, 7) is 34.7. The van der Waals surface area contributed by atoms with Crippen LogP contribution in [0.4, 0.5) is 34.1 Å². The van der Waals surface area contributed by atoms with Crippen LogP contribution in [-0.4, -0.2) is 4.40 Å². The fraction of sp³-hybridized carbons (Fsp3) is 0.247. The second kappa shape index (κ2) is 20.1. The Labute approximate surface area is 522 Å². The van der Waals surface area contributed by atoms with Gasteiger partial charge in [-0.1, -0.05) is 237 Å². The van der Waals surface area contributed by atoms with Gasteiger partial charge < -0.3 is 14.2 Å². The Morgan fingerprint density at radius 3 is 1.22 bits per heavy atom. The Hall–Kier alpha value is -8.92. The summed E-state index contributed by atoms with van der Waals surface area (Å²) in [4.78, 5) is 4.96. The molecule has 3 nitrogen and oxygen atoms in total. The van der Waals surface area contributed by atoms with Gasteiger partial charge in [-0.2, -0.15) is 0 Å². The topological polar surface area (TPSA) is 10.9 Å². The Morgan fingerprint density at radius 1 is 0.284 bits per heavy atom. The normalized spacial score (nSPS) is 13.7. The molecule has 2 heterocycles. The van der Waals surface area contributed by atoms with Crippen molar-refractivity contribution in [2.24, 2.45) is 0 Å². The monoisotopic (exact) mass is 1150 g/mol. The number of hydrogen-bond donors (Lipinski definition) is 0. The molecule has 0 spiro atoms. The van der Waals surface area contributed by atoms with Crippen LogP contribution in [0.3, 0.4) is 0 Å². The Morgan fingerprint density at radius 2 is 0.716 bits per heavy atom. The molecule has 0 bridgehead atoms. The minimum atomic E-state index is -0.706. The minimum absolute atomic E-state index is 0.0178. The van der Waals surface area contributed by atoms with E-state index in [9.17, 15) is 0 Å². The molecular formula is C85H83N3. The van der Waals surface area contributed by atoms with Gasteiger partial charge in [0.05, 0.1) is 22.0 Å². The van der Waals surface area contributed by atoms with Gasteiger partial charge in [-0.05, 0) is 196 Å². The molecule has 88 heavy (non-hydrogen) atoms. The highest BCUT2D eigenvalue weighted by Gasteiger charge is 2.48. The van der Waals surface area contributed by atoms with E-state index in [0.29, 0.717) is 0 Å². The second-order valence-corrected chi connectivity index (χ2v) is 30.4. The van der Waals surface area contributed by atoms with Crippen molar-refractivity contribution in [1.29, 1.82) is 0 Å². The third-order valence-corrected chi connectivity index (χ3v) is 19.3. The molecule has 1 aliphatic carbocycles. The fourth-order valence-corrected chi connectivity index (χ4v) is 14.4. The van der Waals surface area contributed by atoms with Gasteiger partial charge in [-0.25, -0.2) is 0 Å². The van der Waals surface area contributed by atoms with E-state index in [1.165, 1.54) is 110 Å². The summed E-state index contributed by atoms with van der Waals surface area (Å²) in [5.74, 6) is 0. The van der Waals surface area contributed by atoms with Crippen molar-refractivity contribution in [2.75, 3.05) is 9.80 Å². The molecule has 0 unspecified atom stereocenters. The van der Waals surface area contributed by atoms with Crippen molar-refractivity contribution >= 4 is 83.0 Å². The quantitative estimate of drug-likeness (QED) is 0.150. The number of rotatable bonds is 8. The lowest BCUT2D eigenvalue weighted by Crippen LogP contribution is -2.29. The maximum Gasteiger partial charge on any atom is 0.0720 e. The summed E-state index contributed by atoms with van der Waals surface area (Å²) in [5, 5.41) is 7.60. The molecule has 0 atom stereocenters. The third-order valence-electron chi connectivity index (χ3n) is 19.3. The summed E-state index contributed by atoms with van der Waals surface area (Å²) < 4.78 is 2.62. The minimum Gasteiger partial charge on any atom is -0.310 e. The molecule has 1 aliphatic rings. The van der Waals surface area contributed by atoms with Crippen LogP contribution >= 0.6 is 0 Å². The van der Waals surface area contributed by atoms with Crippen LogP contribution in [0, 0.1) is 0 Å². The van der Waals surface area contributed by atoms with Crippen LogP contribution in [0.15, 0.2) is 231 Å². The molecule has 13 aromatic rings. The maximum absolute atomic E-state index is 2.62. The number of fused-ring (bicyclic) bond motifs is 11. The zero-order valence-corrected chi connectivity index (χ0v) is 54.3. The van der Waals surface area contributed by atoms with Crippen LogP contribution in [0.5, 0.6) is 0 Å². The molecule has 0 N–H and O–H groups in total. The van der Waals surface area contributed by atoms with E-state index in [1.54, 1.807) is 0 Å². The molecule has 0 aliphatic heterocycles. The summed E-state index contributed by atoms with van der Waals surface area (Å²) >= 11 is 0. The van der Waals surface area contributed by atoms with Crippen molar-refractivity contribution in [3.63, 3.8) is 0 Å². The van der Waals surface area contributed by atoms with E-state index in [1.807, 2.05) is 0 Å². The average Bonchev–Trinajstić information content (AvgIpc) is 1.51. The van der Waals surface area contributed by atoms with E-state index < -0.39 is 5.41 Å². The maximum atomic E-state index is 2.62. The number of aromatic nitrogens is 1. The van der Waals surface area contributed by atoms with Crippen molar-refractivity contribution in [3.8, 4) is 11.1 Å². The lowest BCUT2D eigenvalue weighted by molar-refractivity contribution is 0.590. The number of nitrogens with zero attached hydrogens (tertiary/aromatic N) is 3. The molecule has 0 saturated carbocycles. The zero-order chi connectivity index (χ0) is 61.6. The predicted octanol–water partition coefficient (Wildman–Crippen LogP) is 23.8. The van der Waals surface area contributed by atoms with Gasteiger partial charge in [0.25, 0.3) is 0 Å². The Balaban J connectivity index is 1.06. The van der Waals surface area contributed by atoms with Gasteiger partial charge in [0, 0.05) is 55.7 Å². The summed E-state index contributed by atoms with van der Waals surface area (Å²) in [7, 11) is 0. The largest absolute Gasteiger partial charge is 0.310 e. The zero-order valence-electron chi connectivity index (χ0n) is 54.3. The SMILES string of the molecule is CC(C)(C)c1ccc(N(c2cccc(C(C)(C)C)c2)c2ccc3c(c2)C(c2ccccc2)(c2ccccc2)c2c-3ccc3cc4c5cc(C(C)(C)C)cc6c7ccc(N(c8ccc(C(C)(C)C)cc8)c8cccc(C(C)(C)C)c8)cc7n(c4cc23)c65)cc1. The first-order valence-electron chi connectivity index (χ1n) is 31.8. The average molecular weight is 1150 g/mol. The summed E-state index contributed by atoms with van der Waals surface area (Å²) in [5.41, 5.74) is 23.8. The van der Waals surface area contributed by atoms with Crippen molar-refractivity contribution < 1.29 is 0 Å². The highest BCUT2D eigenvalue weighted by Crippen LogP contribution is 2.60. The standard InChI is InChI=1S/C85H83N3/c1-80(2,3)55-33-37-62(38-34-55)86(64-30-22-28-59(47-64)82(7,8)9)66-41-44-68-70-43-32-54-46-72-74-50-61(84(13,14)15)49-73-69-45-42-67(87(63-39-35-56(36-40-63)81(4,5)6)65-31-23-29-60(48-65)83(10,11)12)52-76(69)88(79(73)74)77(72)53-71(54)78(70)85(75(68)51-66,57-24-18-16-19-25-57)58-26-20-17-21-27-58/h16-53H,1-15H3. The molecule has 0 amide bonds. The first-order chi connectivity index (χ1) is 41.8. The molecule has 11 aromatic carbocycles. The van der Waals surface area contributed by atoms with Crippen LogP contribution in [-0.2, 0) is 32.5 Å². The molecule has 0 radical (unpaired) electrons. The van der Waals surface area contributed by atoms with E-state index in [-0.39, 0.29) is 27.1 Å².